The zero-order valence-electron chi connectivity index (χ0n) is 20.1. The molecule has 1 unspecified atom stereocenters. The second-order valence-corrected chi connectivity index (χ2v) is 10.8. The number of phenols is 1. The van der Waals surface area contributed by atoms with Gasteiger partial charge in [0, 0.05) is 11.3 Å². The number of carbonyl (C=O) groups is 1. The summed E-state index contributed by atoms with van der Waals surface area (Å²) >= 11 is 0. The highest BCUT2D eigenvalue weighted by molar-refractivity contribution is 7.88. The summed E-state index contributed by atoms with van der Waals surface area (Å²) in [5, 5.41) is 20.3. The highest BCUT2D eigenvalue weighted by Crippen LogP contribution is 2.46. The van der Waals surface area contributed by atoms with Crippen molar-refractivity contribution in [2.24, 2.45) is 5.92 Å². The molecule has 37 heavy (non-hydrogen) atoms. The van der Waals surface area contributed by atoms with Crippen LogP contribution < -0.4 is 9.62 Å². The first-order valence-corrected chi connectivity index (χ1v) is 13.6. The van der Waals surface area contributed by atoms with Crippen molar-refractivity contribution in [2.45, 2.75) is 25.0 Å². The zero-order valence-corrected chi connectivity index (χ0v) is 21.0. The van der Waals surface area contributed by atoms with E-state index in [0.29, 0.717) is 29.7 Å². The number of sulfonamides is 1. The molecule has 9 heteroatoms. The average molecular weight is 523 g/mol. The molecule has 3 atom stereocenters. The Morgan fingerprint density at radius 2 is 1.68 bits per heavy atom. The van der Waals surface area contributed by atoms with Crippen LogP contribution in [0.5, 0.6) is 5.75 Å². The molecular formula is C28H27FN2O5S. The molecule has 0 aromatic heterocycles. The van der Waals surface area contributed by atoms with E-state index < -0.39 is 16.1 Å². The Bertz CT molecular complexity index is 1410. The first kappa shape index (κ1) is 26.4. The molecule has 3 N–H and O–H groups in total. The number of carbonyl (C=O) groups excluding carboxylic acids is 1. The van der Waals surface area contributed by atoms with Gasteiger partial charge >= 0.3 is 0 Å². The molecule has 1 saturated heterocycles. The van der Waals surface area contributed by atoms with Gasteiger partial charge in [-0.25, -0.2) is 17.5 Å². The van der Waals surface area contributed by atoms with Crippen LogP contribution in [0.25, 0.3) is 0 Å². The highest BCUT2D eigenvalue weighted by Gasteiger charge is 2.48. The van der Waals surface area contributed by atoms with Gasteiger partial charge in [0.15, 0.2) is 0 Å². The monoisotopic (exact) mass is 522 g/mol. The maximum Gasteiger partial charge on any atom is 0.233 e. The Kier molecular flexibility index (Phi) is 7.93. The molecule has 3 aromatic rings. The van der Waals surface area contributed by atoms with E-state index in [9.17, 15) is 27.8 Å². The van der Waals surface area contributed by atoms with Crippen LogP contribution in [-0.4, -0.2) is 37.3 Å². The van der Waals surface area contributed by atoms with E-state index in [2.05, 4.69) is 16.6 Å². The molecule has 1 aliphatic rings. The standard InChI is InChI=1S/C28H27FN2O5S/c1-37(35,36)30-18-2-3-19-4-12-23(13-5-19)31-27(21-8-14-24(32)15-9-21)25(28(31)34)16-17-26(33)20-6-10-22(29)11-7-20/h4-15,25-27,30,32-33H,16-18H2,1H3/t25-,26+,27?/m1/s1. The van der Waals surface area contributed by atoms with E-state index in [-0.39, 0.29) is 36.0 Å². The Labute approximate surface area is 215 Å². The number of halogens is 1. The fraction of sp³-hybridized carbons (Fsp3) is 0.250. The van der Waals surface area contributed by atoms with Crippen LogP contribution in [0.1, 0.15) is 41.7 Å². The molecule has 192 valence electrons. The molecule has 0 saturated carbocycles. The fourth-order valence-electron chi connectivity index (χ4n) is 4.38. The summed E-state index contributed by atoms with van der Waals surface area (Å²) in [6, 6.07) is 19.2. The topological polar surface area (TPSA) is 107 Å². The predicted molar refractivity (Wildman–Crippen MR) is 139 cm³/mol. The van der Waals surface area contributed by atoms with Crippen LogP contribution in [0.15, 0.2) is 72.8 Å². The maximum absolute atomic E-state index is 13.2. The molecule has 0 radical (unpaired) electrons. The van der Waals surface area contributed by atoms with Gasteiger partial charge in [-0.15, -0.1) is 0 Å². The van der Waals surface area contributed by atoms with Crippen LogP contribution in [0, 0.1) is 23.6 Å². The predicted octanol–water partition coefficient (Wildman–Crippen LogP) is 3.65. The average Bonchev–Trinajstić information content (AvgIpc) is 2.86. The minimum atomic E-state index is -3.31. The Morgan fingerprint density at radius 1 is 1.03 bits per heavy atom. The minimum Gasteiger partial charge on any atom is -0.508 e. The van der Waals surface area contributed by atoms with Crippen molar-refractivity contribution in [1.82, 2.24) is 4.72 Å². The normalized spacial score (nSPS) is 18.0. The third-order valence-electron chi connectivity index (χ3n) is 6.26. The number of phenolic OH excluding ortho intramolecular Hbond substituents is 1. The first-order chi connectivity index (χ1) is 17.6. The van der Waals surface area contributed by atoms with Crippen molar-refractivity contribution in [3.63, 3.8) is 0 Å². The van der Waals surface area contributed by atoms with Gasteiger partial charge in [0.05, 0.1) is 30.9 Å². The lowest BCUT2D eigenvalue weighted by molar-refractivity contribution is -0.131. The van der Waals surface area contributed by atoms with Gasteiger partial charge in [0.1, 0.15) is 11.6 Å². The molecule has 7 nitrogen and oxygen atoms in total. The van der Waals surface area contributed by atoms with Crippen molar-refractivity contribution in [1.29, 1.82) is 0 Å². The number of rotatable bonds is 8. The first-order valence-electron chi connectivity index (χ1n) is 11.7. The van der Waals surface area contributed by atoms with Crippen molar-refractivity contribution < 1.29 is 27.8 Å². The van der Waals surface area contributed by atoms with Gasteiger partial charge in [-0.2, -0.15) is 0 Å². The fourth-order valence-corrected chi connectivity index (χ4v) is 4.71. The third-order valence-corrected chi connectivity index (χ3v) is 6.92. The van der Waals surface area contributed by atoms with Crippen LogP contribution in [0.2, 0.25) is 0 Å². The molecular weight excluding hydrogens is 495 g/mol. The van der Waals surface area contributed by atoms with E-state index in [4.69, 9.17) is 0 Å². The number of aromatic hydroxyl groups is 1. The van der Waals surface area contributed by atoms with Crippen LogP contribution in [0.4, 0.5) is 10.1 Å². The maximum atomic E-state index is 13.2. The van der Waals surface area contributed by atoms with Gasteiger partial charge in [-0.3, -0.25) is 4.79 Å². The van der Waals surface area contributed by atoms with Crippen molar-refractivity contribution in [2.75, 3.05) is 17.7 Å². The number of aliphatic hydroxyl groups is 1. The summed E-state index contributed by atoms with van der Waals surface area (Å²) in [5.74, 6) is 4.91. The Balaban J connectivity index is 1.50. The van der Waals surface area contributed by atoms with Gasteiger partial charge in [0.25, 0.3) is 0 Å². The zero-order chi connectivity index (χ0) is 26.6. The van der Waals surface area contributed by atoms with E-state index in [1.165, 1.54) is 24.3 Å². The molecule has 1 heterocycles. The SMILES string of the molecule is CS(=O)(=O)NCC#Cc1ccc(N2C(=O)[C@H](CC[C@H](O)c3ccc(F)cc3)C2c2ccc(O)cc2)cc1. The molecule has 0 spiro atoms. The minimum absolute atomic E-state index is 0.000421. The Morgan fingerprint density at radius 3 is 2.30 bits per heavy atom. The molecule has 1 aliphatic heterocycles. The summed E-state index contributed by atoms with van der Waals surface area (Å²) in [6.07, 6.45) is 1.00. The molecule has 0 bridgehead atoms. The summed E-state index contributed by atoms with van der Waals surface area (Å²) in [4.78, 5) is 14.9. The van der Waals surface area contributed by atoms with Gasteiger partial charge in [-0.1, -0.05) is 36.1 Å². The van der Waals surface area contributed by atoms with E-state index in [0.717, 1.165) is 11.8 Å². The lowest BCUT2D eigenvalue weighted by Crippen LogP contribution is -2.55. The number of nitrogens with zero attached hydrogens (tertiary/aromatic N) is 1. The van der Waals surface area contributed by atoms with Crippen molar-refractivity contribution in [3.05, 3.63) is 95.3 Å². The van der Waals surface area contributed by atoms with Crippen LogP contribution in [-0.2, 0) is 14.8 Å². The second-order valence-electron chi connectivity index (χ2n) is 8.94. The third kappa shape index (κ3) is 6.54. The van der Waals surface area contributed by atoms with E-state index in [1.807, 2.05) is 0 Å². The number of benzene rings is 3. The lowest BCUT2D eigenvalue weighted by atomic mass is 9.78. The largest absolute Gasteiger partial charge is 0.508 e. The summed E-state index contributed by atoms with van der Waals surface area (Å²) in [7, 11) is -3.31. The number of amides is 1. The number of β-lactam (4-membered cyclic amide) rings is 1. The summed E-state index contributed by atoms with van der Waals surface area (Å²) in [6.45, 7) is -0.000421. The van der Waals surface area contributed by atoms with Gasteiger partial charge in [0.2, 0.25) is 15.9 Å². The summed E-state index contributed by atoms with van der Waals surface area (Å²) < 4.78 is 37.8. The molecule has 3 aromatic carbocycles. The number of anilines is 1. The number of hydrogen-bond donors (Lipinski definition) is 3. The number of nitrogens with one attached hydrogen (secondary N) is 1. The lowest BCUT2D eigenvalue weighted by Gasteiger charge is -2.48. The van der Waals surface area contributed by atoms with E-state index in [1.54, 1.807) is 53.4 Å². The summed E-state index contributed by atoms with van der Waals surface area (Å²) in [5.41, 5.74) is 2.80. The number of aliphatic hydroxyl groups excluding tert-OH is 1. The quantitative estimate of drug-likeness (QED) is 0.309. The number of hydrogen-bond acceptors (Lipinski definition) is 5. The second kappa shape index (κ2) is 11.1. The highest BCUT2D eigenvalue weighted by atomic mass is 32.2. The molecule has 0 aliphatic carbocycles. The van der Waals surface area contributed by atoms with Crippen molar-refractivity contribution in [3.8, 4) is 17.6 Å². The van der Waals surface area contributed by atoms with Crippen molar-refractivity contribution >= 4 is 21.6 Å². The van der Waals surface area contributed by atoms with Gasteiger partial charge in [-0.05, 0) is 72.5 Å². The van der Waals surface area contributed by atoms with Gasteiger partial charge < -0.3 is 15.1 Å². The smallest absolute Gasteiger partial charge is 0.233 e. The Hall–Kier alpha value is -3.71. The molecule has 4 rings (SSSR count). The van der Waals surface area contributed by atoms with Crippen LogP contribution in [0.3, 0.4) is 0 Å². The molecule has 1 amide bonds. The van der Waals surface area contributed by atoms with Crippen LogP contribution >= 0.6 is 0 Å². The molecule has 1 fully saturated rings. The van der Waals surface area contributed by atoms with E-state index >= 15 is 0 Å².